The van der Waals surface area contributed by atoms with Crippen molar-refractivity contribution in [1.82, 2.24) is 34.9 Å². The Hall–Kier alpha value is -4.32. The quantitative estimate of drug-likeness (QED) is 0.139. The first-order chi connectivity index (χ1) is 18.1. The van der Waals surface area contributed by atoms with Crippen LogP contribution in [-0.2, 0) is 16.1 Å². The molecule has 1 aliphatic heterocycles. The van der Waals surface area contributed by atoms with E-state index >= 15 is 0 Å². The molecule has 11 nitrogen and oxygen atoms in total. The van der Waals surface area contributed by atoms with Crippen molar-refractivity contribution in [3.63, 3.8) is 0 Å². The van der Waals surface area contributed by atoms with Gasteiger partial charge in [-0.1, -0.05) is 36.0 Å². The lowest BCUT2D eigenvalue weighted by atomic mass is 10.0. The number of nitrogens with zero attached hydrogens (tertiary/aromatic N) is 6. The highest BCUT2D eigenvalue weighted by molar-refractivity contribution is 7.98. The highest BCUT2D eigenvalue weighted by Gasteiger charge is 2.26. The molecule has 3 aromatic heterocycles. The third-order valence-corrected chi connectivity index (χ3v) is 6.68. The van der Waals surface area contributed by atoms with E-state index in [1.165, 1.54) is 11.8 Å². The average Bonchev–Trinajstić information content (AvgIpc) is 3.55. The number of hydrogen-bond donors (Lipinski definition) is 3. The summed E-state index contributed by atoms with van der Waals surface area (Å²) in [7, 11) is 0. The number of fused-ring (bicyclic) bond motifs is 1. The van der Waals surface area contributed by atoms with Crippen molar-refractivity contribution < 1.29 is 9.59 Å². The van der Waals surface area contributed by atoms with Crippen molar-refractivity contribution in [3.8, 4) is 11.1 Å². The first kappa shape index (κ1) is 23.1. The lowest BCUT2D eigenvalue weighted by Crippen LogP contribution is -2.19. The summed E-state index contributed by atoms with van der Waals surface area (Å²) >= 11 is 1.50. The Labute approximate surface area is 216 Å². The average molecular weight is 514 g/mol. The van der Waals surface area contributed by atoms with Crippen molar-refractivity contribution in [1.29, 1.82) is 0 Å². The molecule has 3 N–H and O–H groups in total. The third kappa shape index (κ3) is 4.87. The van der Waals surface area contributed by atoms with Crippen molar-refractivity contribution in [2.75, 3.05) is 16.9 Å². The predicted octanol–water partition coefficient (Wildman–Crippen LogP) is 2.92. The minimum Gasteiger partial charge on any atom is -0.351 e. The minimum absolute atomic E-state index is 0.0396. The number of rotatable bonds is 8. The number of amides is 2. The van der Waals surface area contributed by atoms with Gasteiger partial charge in [0.05, 0.1) is 12.6 Å². The summed E-state index contributed by atoms with van der Waals surface area (Å²) in [5, 5.41) is 14.2. The maximum atomic E-state index is 12.1. The lowest BCUT2D eigenvalue weighted by Gasteiger charge is -2.13. The lowest BCUT2D eigenvalue weighted by molar-refractivity contribution is -0.124. The van der Waals surface area contributed by atoms with Crippen LogP contribution < -0.4 is 16.0 Å². The second-order valence-electron chi connectivity index (χ2n) is 8.82. The first-order valence-corrected chi connectivity index (χ1v) is 13.0. The van der Waals surface area contributed by atoms with Crippen molar-refractivity contribution in [3.05, 3.63) is 59.6 Å². The Morgan fingerprint density at radius 3 is 2.68 bits per heavy atom. The van der Waals surface area contributed by atoms with Crippen molar-refractivity contribution in [2.45, 2.75) is 37.0 Å². The SMILES string of the molecule is CSc1ncc(-c2ccccc2CNc2nc(NC3CC3)n3ncc(/C=C4\CC(=O)NC4=O)c3n2)cn1. The van der Waals surface area contributed by atoms with Gasteiger partial charge in [0, 0.05) is 41.7 Å². The van der Waals surface area contributed by atoms with E-state index in [9.17, 15) is 9.59 Å². The van der Waals surface area contributed by atoms with E-state index in [1.54, 1.807) is 16.8 Å². The van der Waals surface area contributed by atoms with Gasteiger partial charge >= 0.3 is 0 Å². The molecule has 186 valence electrons. The topological polar surface area (TPSA) is 139 Å². The summed E-state index contributed by atoms with van der Waals surface area (Å²) in [5.74, 6) is 0.291. The van der Waals surface area contributed by atoms with Crippen LogP contribution in [0.1, 0.15) is 30.4 Å². The number of benzene rings is 1. The van der Waals surface area contributed by atoms with E-state index in [4.69, 9.17) is 4.98 Å². The smallest absolute Gasteiger partial charge is 0.254 e. The maximum absolute atomic E-state index is 12.1. The molecule has 0 unspecified atom stereocenters. The van der Waals surface area contributed by atoms with Crippen LogP contribution in [-0.4, -0.2) is 53.7 Å². The zero-order valence-electron chi connectivity index (χ0n) is 19.9. The van der Waals surface area contributed by atoms with E-state index in [0.717, 1.165) is 34.7 Å². The van der Waals surface area contributed by atoms with Crippen LogP contribution in [0.4, 0.5) is 11.9 Å². The molecule has 0 atom stereocenters. The van der Waals surface area contributed by atoms with Gasteiger partial charge in [-0.05, 0) is 36.3 Å². The van der Waals surface area contributed by atoms with Crippen LogP contribution in [0.5, 0.6) is 0 Å². The van der Waals surface area contributed by atoms with Gasteiger partial charge in [0.15, 0.2) is 10.8 Å². The fraction of sp³-hybridized carbons (Fsp3) is 0.240. The number of aromatic nitrogens is 6. The van der Waals surface area contributed by atoms with Crippen LogP contribution in [0.3, 0.4) is 0 Å². The molecule has 6 rings (SSSR count). The Kier molecular flexibility index (Phi) is 6.01. The minimum atomic E-state index is -0.390. The highest BCUT2D eigenvalue weighted by Crippen LogP contribution is 2.27. The molecule has 4 heterocycles. The van der Waals surface area contributed by atoms with Crippen LogP contribution in [0.2, 0.25) is 0 Å². The molecule has 0 radical (unpaired) electrons. The first-order valence-electron chi connectivity index (χ1n) is 11.8. The van der Waals surface area contributed by atoms with Gasteiger partial charge < -0.3 is 10.6 Å². The number of anilines is 2. The molecule has 1 aromatic carbocycles. The monoisotopic (exact) mass is 513 g/mol. The summed E-state index contributed by atoms with van der Waals surface area (Å²) < 4.78 is 1.63. The highest BCUT2D eigenvalue weighted by atomic mass is 32.2. The zero-order chi connectivity index (χ0) is 25.4. The maximum Gasteiger partial charge on any atom is 0.254 e. The molecule has 1 saturated heterocycles. The predicted molar refractivity (Wildman–Crippen MR) is 140 cm³/mol. The largest absolute Gasteiger partial charge is 0.351 e. The summed E-state index contributed by atoms with van der Waals surface area (Å²) in [4.78, 5) is 41.9. The van der Waals surface area contributed by atoms with E-state index in [0.29, 0.717) is 41.3 Å². The molecule has 0 spiro atoms. The molecular weight excluding hydrogens is 490 g/mol. The fourth-order valence-electron chi connectivity index (χ4n) is 4.08. The Balaban J connectivity index is 1.32. The molecule has 2 amide bonds. The van der Waals surface area contributed by atoms with Gasteiger partial charge in [-0.2, -0.15) is 19.6 Å². The molecular formula is C25H23N9O2S. The molecule has 12 heteroatoms. The summed E-state index contributed by atoms with van der Waals surface area (Å²) in [6.07, 6.45) is 11.1. The third-order valence-electron chi connectivity index (χ3n) is 6.11. The molecule has 2 fully saturated rings. The van der Waals surface area contributed by atoms with Crippen LogP contribution in [0, 0.1) is 0 Å². The number of nitrogens with one attached hydrogen (secondary N) is 3. The fourth-order valence-corrected chi connectivity index (χ4v) is 4.39. The normalized spacial score (nSPS) is 16.4. The van der Waals surface area contributed by atoms with Crippen LogP contribution in [0.15, 0.2) is 53.6 Å². The molecule has 2 aliphatic rings. The molecule has 37 heavy (non-hydrogen) atoms. The number of imide groups is 1. The van der Waals surface area contributed by atoms with Crippen molar-refractivity contribution in [2.24, 2.45) is 0 Å². The van der Waals surface area contributed by atoms with Crippen molar-refractivity contribution >= 4 is 47.2 Å². The number of thioether (sulfide) groups is 1. The summed E-state index contributed by atoms with van der Waals surface area (Å²) in [5.41, 5.74) is 4.54. The molecule has 4 aromatic rings. The van der Waals surface area contributed by atoms with Gasteiger partial charge in [0.1, 0.15) is 0 Å². The second-order valence-corrected chi connectivity index (χ2v) is 9.59. The van der Waals surface area contributed by atoms with E-state index < -0.39 is 0 Å². The van der Waals surface area contributed by atoms with Gasteiger partial charge in [-0.15, -0.1) is 0 Å². The van der Waals surface area contributed by atoms with E-state index in [1.807, 2.05) is 42.9 Å². The Morgan fingerprint density at radius 1 is 1.14 bits per heavy atom. The van der Waals surface area contributed by atoms with Crippen LogP contribution >= 0.6 is 11.8 Å². The number of carbonyl (C=O) groups excluding carboxylic acids is 2. The molecule has 1 aliphatic carbocycles. The number of carbonyl (C=O) groups is 2. The Bertz CT molecular complexity index is 1540. The Morgan fingerprint density at radius 2 is 1.95 bits per heavy atom. The van der Waals surface area contributed by atoms with Crippen LogP contribution in [0.25, 0.3) is 22.9 Å². The zero-order valence-corrected chi connectivity index (χ0v) is 20.7. The summed E-state index contributed by atoms with van der Waals surface area (Å²) in [6, 6.07) is 8.39. The summed E-state index contributed by atoms with van der Waals surface area (Å²) in [6.45, 7) is 0.473. The van der Waals surface area contributed by atoms with Gasteiger partial charge in [-0.25, -0.2) is 9.97 Å². The second kappa shape index (κ2) is 9.62. The van der Waals surface area contributed by atoms with E-state index in [2.05, 4.69) is 36.0 Å². The van der Waals surface area contributed by atoms with Gasteiger partial charge in [0.2, 0.25) is 17.8 Å². The standard InChI is InChI=1S/C25H23N9O2S/c1-37-25-27-11-17(12-28-25)19-5-3-2-4-14(19)10-26-23-32-21-16(8-15-9-20(35)31-22(15)36)13-29-34(21)24(33-23)30-18-6-7-18/h2-5,8,11-13,18H,6-7,9-10H2,1H3,(H,31,35,36)(H2,26,30,32,33)/b15-8+. The van der Waals surface area contributed by atoms with Gasteiger partial charge in [0.25, 0.3) is 5.91 Å². The van der Waals surface area contributed by atoms with E-state index in [-0.39, 0.29) is 18.2 Å². The molecule has 1 saturated carbocycles. The number of hydrogen-bond acceptors (Lipinski definition) is 10. The molecule has 0 bridgehead atoms. The van der Waals surface area contributed by atoms with Gasteiger partial charge in [-0.3, -0.25) is 14.9 Å².